The summed E-state index contributed by atoms with van der Waals surface area (Å²) in [5.41, 5.74) is 2.86. The number of methoxy groups -OCH3 is 1. The monoisotopic (exact) mass is 261 g/mol. The molecule has 0 aliphatic rings. The standard InChI is InChI=1S/C13H19N5O/c1-10-6-12(8-14-4-5-19-3)17-13(16-10)11-7-15-18(2)9-11/h6-7,9,14H,4-5,8H2,1-3H3. The summed E-state index contributed by atoms with van der Waals surface area (Å²) in [5, 5.41) is 7.42. The summed E-state index contributed by atoms with van der Waals surface area (Å²) >= 11 is 0. The molecule has 6 heteroatoms. The van der Waals surface area contributed by atoms with E-state index in [0.717, 1.165) is 29.3 Å². The van der Waals surface area contributed by atoms with E-state index in [9.17, 15) is 0 Å². The molecule has 0 unspecified atom stereocenters. The van der Waals surface area contributed by atoms with Crippen LogP contribution in [-0.4, -0.2) is 40.0 Å². The Labute approximate surface area is 112 Å². The first-order valence-corrected chi connectivity index (χ1v) is 6.22. The number of hydrogen-bond acceptors (Lipinski definition) is 5. The minimum Gasteiger partial charge on any atom is -0.383 e. The fourth-order valence-corrected chi connectivity index (χ4v) is 1.78. The predicted molar refractivity (Wildman–Crippen MR) is 72.6 cm³/mol. The van der Waals surface area contributed by atoms with Gasteiger partial charge >= 0.3 is 0 Å². The van der Waals surface area contributed by atoms with Gasteiger partial charge < -0.3 is 10.1 Å². The highest BCUT2D eigenvalue weighted by Crippen LogP contribution is 2.14. The molecule has 0 bridgehead atoms. The van der Waals surface area contributed by atoms with Gasteiger partial charge in [-0.1, -0.05) is 0 Å². The molecule has 6 nitrogen and oxygen atoms in total. The fraction of sp³-hybridized carbons (Fsp3) is 0.462. The number of nitrogens with one attached hydrogen (secondary N) is 1. The van der Waals surface area contributed by atoms with Gasteiger partial charge in [0, 0.05) is 39.1 Å². The van der Waals surface area contributed by atoms with Crippen molar-refractivity contribution in [1.29, 1.82) is 0 Å². The molecule has 0 atom stereocenters. The van der Waals surface area contributed by atoms with E-state index in [1.807, 2.05) is 26.2 Å². The third kappa shape index (κ3) is 3.84. The molecule has 0 amide bonds. The van der Waals surface area contributed by atoms with Crippen LogP contribution in [0.1, 0.15) is 11.4 Å². The van der Waals surface area contributed by atoms with Gasteiger partial charge in [-0.15, -0.1) is 0 Å². The molecule has 0 radical (unpaired) electrons. The SMILES string of the molecule is COCCNCc1cc(C)nc(-c2cnn(C)c2)n1. The van der Waals surface area contributed by atoms with Crippen LogP contribution in [0.25, 0.3) is 11.4 Å². The number of ether oxygens (including phenoxy) is 1. The van der Waals surface area contributed by atoms with Crippen molar-refractivity contribution in [1.82, 2.24) is 25.1 Å². The van der Waals surface area contributed by atoms with Crippen LogP contribution in [0.15, 0.2) is 18.5 Å². The van der Waals surface area contributed by atoms with Crippen molar-refractivity contribution in [2.24, 2.45) is 7.05 Å². The Morgan fingerprint density at radius 3 is 2.89 bits per heavy atom. The van der Waals surface area contributed by atoms with Crippen LogP contribution < -0.4 is 5.32 Å². The number of aryl methyl sites for hydroxylation is 2. The van der Waals surface area contributed by atoms with Crippen molar-refractivity contribution in [2.45, 2.75) is 13.5 Å². The van der Waals surface area contributed by atoms with E-state index in [2.05, 4.69) is 20.4 Å². The van der Waals surface area contributed by atoms with Crippen molar-refractivity contribution >= 4 is 0 Å². The van der Waals surface area contributed by atoms with Gasteiger partial charge in [0.25, 0.3) is 0 Å². The molecule has 2 aromatic rings. The minimum atomic E-state index is 0.694. The summed E-state index contributed by atoms with van der Waals surface area (Å²) in [4.78, 5) is 8.99. The van der Waals surface area contributed by atoms with E-state index < -0.39 is 0 Å². The Kier molecular flexibility index (Phi) is 4.59. The van der Waals surface area contributed by atoms with Gasteiger partial charge in [0.2, 0.25) is 0 Å². The Morgan fingerprint density at radius 1 is 1.37 bits per heavy atom. The molecule has 0 saturated carbocycles. The van der Waals surface area contributed by atoms with Crippen LogP contribution in [0.3, 0.4) is 0 Å². The second kappa shape index (κ2) is 6.40. The average molecular weight is 261 g/mol. The van der Waals surface area contributed by atoms with Gasteiger partial charge in [0.1, 0.15) is 0 Å². The molecular formula is C13H19N5O. The third-order valence-electron chi connectivity index (χ3n) is 2.66. The molecule has 0 saturated heterocycles. The van der Waals surface area contributed by atoms with Crippen molar-refractivity contribution < 1.29 is 4.74 Å². The van der Waals surface area contributed by atoms with E-state index in [1.165, 1.54) is 0 Å². The summed E-state index contributed by atoms with van der Waals surface area (Å²) in [5.74, 6) is 0.719. The highest BCUT2D eigenvalue weighted by Gasteiger charge is 2.06. The van der Waals surface area contributed by atoms with E-state index in [-0.39, 0.29) is 0 Å². The fourth-order valence-electron chi connectivity index (χ4n) is 1.78. The zero-order valence-corrected chi connectivity index (χ0v) is 11.6. The third-order valence-corrected chi connectivity index (χ3v) is 2.66. The van der Waals surface area contributed by atoms with Gasteiger partial charge in [-0.2, -0.15) is 5.10 Å². The first-order valence-electron chi connectivity index (χ1n) is 6.22. The van der Waals surface area contributed by atoms with Crippen molar-refractivity contribution in [3.8, 4) is 11.4 Å². The van der Waals surface area contributed by atoms with Gasteiger partial charge in [0.15, 0.2) is 5.82 Å². The van der Waals surface area contributed by atoms with Crippen LogP contribution in [-0.2, 0) is 18.3 Å². The smallest absolute Gasteiger partial charge is 0.162 e. The highest BCUT2D eigenvalue weighted by atomic mass is 16.5. The van der Waals surface area contributed by atoms with Crippen LogP contribution in [0.4, 0.5) is 0 Å². The second-order valence-electron chi connectivity index (χ2n) is 4.40. The molecule has 0 spiro atoms. The molecular weight excluding hydrogens is 242 g/mol. The summed E-state index contributed by atoms with van der Waals surface area (Å²) < 4.78 is 6.74. The van der Waals surface area contributed by atoms with Gasteiger partial charge in [-0.25, -0.2) is 9.97 Å². The molecule has 0 aromatic carbocycles. The topological polar surface area (TPSA) is 64.9 Å². The molecule has 102 valence electrons. The van der Waals surface area contributed by atoms with Crippen LogP contribution >= 0.6 is 0 Å². The molecule has 2 heterocycles. The Hall–Kier alpha value is -1.79. The Bertz CT molecular complexity index is 538. The molecule has 0 aliphatic heterocycles. The van der Waals surface area contributed by atoms with E-state index in [4.69, 9.17) is 4.74 Å². The zero-order valence-electron chi connectivity index (χ0n) is 11.6. The summed E-state index contributed by atoms with van der Waals surface area (Å²) in [6.07, 6.45) is 3.69. The molecule has 2 rings (SSSR count). The maximum absolute atomic E-state index is 4.99. The minimum absolute atomic E-state index is 0.694. The quantitative estimate of drug-likeness (QED) is 0.783. The Balaban J connectivity index is 2.11. The first kappa shape index (κ1) is 13.6. The lowest BCUT2D eigenvalue weighted by Gasteiger charge is -2.06. The normalized spacial score (nSPS) is 10.9. The lowest BCUT2D eigenvalue weighted by Crippen LogP contribution is -2.19. The maximum Gasteiger partial charge on any atom is 0.162 e. The lowest BCUT2D eigenvalue weighted by atomic mass is 10.2. The molecule has 0 aliphatic carbocycles. The number of rotatable bonds is 6. The van der Waals surface area contributed by atoms with Gasteiger partial charge in [0.05, 0.1) is 24.1 Å². The summed E-state index contributed by atoms with van der Waals surface area (Å²) in [6, 6.07) is 1.99. The highest BCUT2D eigenvalue weighted by molar-refractivity contribution is 5.52. The molecule has 19 heavy (non-hydrogen) atoms. The Morgan fingerprint density at radius 2 is 2.21 bits per heavy atom. The molecule has 2 aromatic heterocycles. The van der Waals surface area contributed by atoms with Crippen LogP contribution in [0.5, 0.6) is 0 Å². The van der Waals surface area contributed by atoms with E-state index in [1.54, 1.807) is 18.0 Å². The number of nitrogens with zero attached hydrogens (tertiary/aromatic N) is 4. The van der Waals surface area contributed by atoms with Crippen LogP contribution in [0, 0.1) is 6.92 Å². The lowest BCUT2D eigenvalue weighted by molar-refractivity contribution is 0.199. The maximum atomic E-state index is 4.99. The van der Waals surface area contributed by atoms with Crippen molar-refractivity contribution in [3.05, 3.63) is 29.8 Å². The van der Waals surface area contributed by atoms with Crippen LogP contribution in [0.2, 0.25) is 0 Å². The zero-order chi connectivity index (χ0) is 13.7. The second-order valence-corrected chi connectivity index (χ2v) is 4.40. The number of aromatic nitrogens is 4. The summed E-state index contributed by atoms with van der Waals surface area (Å²) in [7, 11) is 3.57. The average Bonchev–Trinajstić information content (AvgIpc) is 2.81. The van der Waals surface area contributed by atoms with Crippen molar-refractivity contribution in [2.75, 3.05) is 20.3 Å². The number of hydrogen-bond donors (Lipinski definition) is 1. The largest absolute Gasteiger partial charge is 0.383 e. The van der Waals surface area contributed by atoms with E-state index >= 15 is 0 Å². The predicted octanol–water partition coefficient (Wildman–Crippen LogP) is 0.922. The van der Waals surface area contributed by atoms with Gasteiger partial charge in [-0.05, 0) is 13.0 Å². The molecule has 0 fully saturated rings. The molecule has 1 N–H and O–H groups in total. The van der Waals surface area contributed by atoms with Crippen molar-refractivity contribution in [3.63, 3.8) is 0 Å². The van der Waals surface area contributed by atoms with Gasteiger partial charge in [-0.3, -0.25) is 4.68 Å². The van der Waals surface area contributed by atoms with E-state index in [0.29, 0.717) is 13.2 Å². The first-order chi connectivity index (χ1) is 9.19. The summed E-state index contributed by atoms with van der Waals surface area (Å²) in [6.45, 7) is 4.18.